The molecule has 3 aliphatic carbocycles. The van der Waals surface area contributed by atoms with Crippen molar-refractivity contribution in [2.24, 2.45) is 23.2 Å². The van der Waals surface area contributed by atoms with Crippen LogP contribution >= 0.6 is 0 Å². The quantitative estimate of drug-likeness (QED) is 0.183. The molecule has 0 saturated heterocycles. The van der Waals surface area contributed by atoms with E-state index in [1.54, 1.807) is 0 Å². The van der Waals surface area contributed by atoms with Gasteiger partial charge in [0, 0.05) is 5.92 Å². The third-order valence-electron chi connectivity index (χ3n) is 6.94. The maximum Gasteiger partial charge on any atom is 0.168 e. The fourth-order valence-corrected chi connectivity index (χ4v) is 4.79. The third kappa shape index (κ3) is 4.64. The van der Waals surface area contributed by atoms with Crippen LogP contribution in [0.15, 0.2) is 11.6 Å². The number of hydrogen-bond acceptors (Lipinski definition) is 1. The molecular formula is C22H39NO. The highest BCUT2D eigenvalue weighted by atomic mass is 16.4. The van der Waals surface area contributed by atoms with E-state index in [4.69, 9.17) is 0 Å². The summed E-state index contributed by atoms with van der Waals surface area (Å²) >= 11 is 0. The summed E-state index contributed by atoms with van der Waals surface area (Å²) < 4.78 is 0. The molecule has 3 atom stereocenters. The molecule has 0 radical (unpaired) electrons. The second-order valence-electron chi connectivity index (χ2n) is 8.94. The predicted molar refractivity (Wildman–Crippen MR) is 104 cm³/mol. The Hall–Kier alpha value is -0.790. The van der Waals surface area contributed by atoms with Gasteiger partial charge in [-0.15, -0.1) is 0 Å². The molecule has 1 N–H and O–H groups in total. The summed E-state index contributed by atoms with van der Waals surface area (Å²) in [6.45, 7) is 9.31. The number of nitrogens with one attached hydrogen (secondary N) is 1. The zero-order valence-corrected chi connectivity index (χ0v) is 16.5. The van der Waals surface area contributed by atoms with Crippen LogP contribution in [0.3, 0.4) is 0 Å². The topological polar surface area (TPSA) is 37.0 Å². The summed E-state index contributed by atoms with van der Waals surface area (Å²) in [5, 5.41) is 13.8. The summed E-state index contributed by atoms with van der Waals surface area (Å²) in [5.74, 6) is 1.99. The van der Waals surface area contributed by atoms with Crippen LogP contribution in [-0.4, -0.2) is 5.71 Å². The Bertz CT molecular complexity index is 449. The molecule has 0 aromatic heterocycles. The molecule has 1 saturated carbocycles. The van der Waals surface area contributed by atoms with Gasteiger partial charge in [0.15, 0.2) is 5.71 Å². The van der Waals surface area contributed by atoms with Gasteiger partial charge in [-0.1, -0.05) is 84.3 Å². The maximum atomic E-state index is 11.5. The van der Waals surface area contributed by atoms with E-state index in [-0.39, 0.29) is 0 Å². The lowest BCUT2D eigenvalue weighted by atomic mass is 9.48. The van der Waals surface area contributed by atoms with Crippen LogP contribution in [0.5, 0.6) is 0 Å². The third-order valence-corrected chi connectivity index (χ3v) is 6.94. The molecule has 3 rings (SSSR count). The van der Waals surface area contributed by atoms with Gasteiger partial charge < -0.3 is 5.21 Å². The molecule has 3 aliphatic rings. The van der Waals surface area contributed by atoms with Gasteiger partial charge in [-0.2, -0.15) is 0 Å². The van der Waals surface area contributed by atoms with Crippen LogP contribution in [0.1, 0.15) is 98.3 Å². The Morgan fingerprint density at radius 3 is 2.46 bits per heavy atom. The highest BCUT2D eigenvalue weighted by molar-refractivity contribution is 5.83. The molecule has 2 nitrogen and oxygen atoms in total. The van der Waals surface area contributed by atoms with Gasteiger partial charge in [0.05, 0.1) is 6.42 Å². The van der Waals surface area contributed by atoms with Crippen molar-refractivity contribution in [3.8, 4) is 0 Å². The Morgan fingerprint density at radius 1 is 1.21 bits per heavy atom. The predicted octanol–water partition coefficient (Wildman–Crippen LogP) is 5.17. The van der Waals surface area contributed by atoms with Gasteiger partial charge >= 0.3 is 0 Å². The smallest absolute Gasteiger partial charge is 0.168 e. The van der Waals surface area contributed by atoms with E-state index in [9.17, 15) is 5.21 Å². The molecule has 0 aromatic carbocycles. The number of hydrogen-bond donors (Lipinski definition) is 1. The van der Waals surface area contributed by atoms with Crippen molar-refractivity contribution in [3.63, 3.8) is 0 Å². The first-order chi connectivity index (χ1) is 11.5. The number of allylic oxidation sites excluding steroid dienone is 2. The van der Waals surface area contributed by atoms with Crippen molar-refractivity contribution >= 4 is 5.71 Å². The fraction of sp³-hybridized carbons (Fsp3) is 0.864. The van der Waals surface area contributed by atoms with E-state index >= 15 is 0 Å². The number of unbranched alkanes of at least 4 members (excludes halogenated alkanes) is 6. The summed E-state index contributed by atoms with van der Waals surface area (Å²) in [4.78, 5) is 0. The Balaban J connectivity index is 1.71. The molecule has 24 heavy (non-hydrogen) atoms. The molecule has 138 valence electrons. The van der Waals surface area contributed by atoms with E-state index < -0.39 is 0 Å². The molecule has 2 heteroatoms. The van der Waals surface area contributed by atoms with Crippen LogP contribution in [0, 0.1) is 28.4 Å². The van der Waals surface area contributed by atoms with Crippen LogP contribution in [-0.2, 0) is 0 Å². The lowest BCUT2D eigenvalue weighted by molar-refractivity contribution is -0.378. The van der Waals surface area contributed by atoms with Gasteiger partial charge in [0.1, 0.15) is 0 Å². The molecule has 0 spiro atoms. The van der Waals surface area contributed by atoms with E-state index in [1.165, 1.54) is 63.4 Å². The normalized spacial score (nSPS) is 26.7. The summed E-state index contributed by atoms with van der Waals surface area (Å²) in [6.07, 6.45) is 16.4. The summed E-state index contributed by atoms with van der Waals surface area (Å²) in [5.41, 5.74) is 3.01. The Labute approximate surface area is 149 Å². The standard InChI is InChI=1S/C22H39NO/c1-5-6-7-8-9-10-11-12-17(2)21(23-24)15-18-13-14-19-16-20(18)22(19,3)4/h13,17,19-20,23H,5-12,14-16H2,1-4H3/t17?,19-,20-/m0/s1. The van der Waals surface area contributed by atoms with Crippen molar-refractivity contribution in [2.45, 2.75) is 98.3 Å². The molecular weight excluding hydrogens is 294 g/mol. The fourth-order valence-electron chi connectivity index (χ4n) is 4.79. The highest BCUT2D eigenvalue weighted by Gasteiger charge is 2.51. The molecule has 0 heterocycles. The van der Waals surface area contributed by atoms with Crippen molar-refractivity contribution in [3.05, 3.63) is 16.9 Å². The molecule has 0 aliphatic heterocycles. The second-order valence-corrected chi connectivity index (χ2v) is 8.94. The SMILES string of the molecule is CCCCCCCCCC(C)C(CC1=CC[C@H]2C[C@@H]1C2(C)C)=[NH+][O-]. The van der Waals surface area contributed by atoms with Crippen molar-refractivity contribution < 1.29 is 5.16 Å². The van der Waals surface area contributed by atoms with Crippen LogP contribution in [0.4, 0.5) is 0 Å². The van der Waals surface area contributed by atoms with Crippen LogP contribution in [0.25, 0.3) is 0 Å². The average Bonchev–Trinajstić information content (AvgIpc) is 2.58. The van der Waals surface area contributed by atoms with Crippen molar-refractivity contribution in [1.29, 1.82) is 0 Å². The monoisotopic (exact) mass is 333 g/mol. The minimum atomic E-state index is 0.403. The Kier molecular flexibility index (Phi) is 7.37. The van der Waals surface area contributed by atoms with E-state index in [0.717, 1.165) is 24.5 Å². The molecule has 2 bridgehead atoms. The zero-order valence-electron chi connectivity index (χ0n) is 16.5. The van der Waals surface area contributed by atoms with E-state index in [2.05, 4.69) is 38.9 Å². The van der Waals surface area contributed by atoms with Gasteiger partial charge in [-0.25, -0.2) is 5.16 Å². The maximum absolute atomic E-state index is 11.5. The van der Waals surface area contributed by atoms with E-state index in [1.807, 2.05) is 0 Å². The lowest BCUT2D eigenvalue weighted by Gasteiger charge is -2.56. The molecule has 0 aromatic rings. The van der Waals surface area contributed by atoms with Gasteiger partial charge in [0.2, 0.25) is 0 Å². The molecule has 0 amide bonds. The van der Waals surface area contributed by atoms with Crippen molar-refractivity contribution in [1.82, 2.24) is 0 Å². The number of fused-ring (bicyclic) bond motifs is 1. The lowest BCUT2D eigenvalue weighted by Crippen LogP contribution is -2.67. The van der Waals surface area contributed by atoms with Gasteiger partial charge in [-0.3, -0.25) is 0 Å². The van der Waals surface area contributed by atoms with Gasteiger partial charge in [-0.05, 0) is 36.5 Å². The average molecular weight is 334 g/mol. The van der Waals surface area contributed by atoms with Crippen LogP contribution in [0.2, 0.25) is 0 Å². The van der Waals surface area contributed by atoms with E-state index in [0.29, 0.717) is 17.3 Å². The van der Waals surface area contributed by atoms with Crippen molar-refractivity contribution in [2.75, 3.05) is 0 Å². The number of rotatable bonds is 11. The van der Waals surface area contributed by atoms with Gasteiger partial charge in [0.25, 0.3) is 0 Å². The minimum Gasteiger partial charge on any atom is -0.625 e. The Morgan fingerprint density at radius 2 is 1.88 bits per heavy atom. The summed E-state index contributed by atoms with van der Waals surface area (Å²) in [7, 11) is 0. The minimum absolute atomic E-state index is 0.403. The first kappa shape index (κ1) is 19.5. The molecule has 1 fully saturated rings. The first-order valence-corrected chi connectivity index (χ1v) is 10.4. The largest absolute Gasteiger partial charge is 0.625 e. The second kappa shape index (κ2) is 9.06. The summed E-state index contributed by atoms with van der Waals surface area (Å²) in [6, 6.07) is 0. The van der Waals surface area contributed by atoms with Crippen LogP contribution < -0.4 is 5.16 Å². The molecule has 1 unspecified atom stereocenters. The first-order valence-electron chi connectivity index (χ1n) is 10.4. The highest BCUT2D eigenvalue weighted by Crippen LogP contribution is 2.59. The zero-order chi connectivity index (χ0) is 17.6.